The van der Waals surface area contributed by atoms with E-state index in [9.17, 15) is 4.79 Å². The highest BCUT2D eigenvalue weighted by molar-refractivity contribution is 5.87. The Morgan fingerprint density at radius 3 is 1.90 bits per heavy atom. The molecule has 1 atom stereocenters. The van der Waals surface area contributed by atoms with E-state index in [0.29, 0.717) is 11.9 Å². The summed E-state index contributed by atoms with van der Waals surface area (Å²) in [6.07, 6.45) is 12.3. The molecule has 3 aliphatic rings. The molecule has 0 bridgehead atoms. The van der Waals surface area contributed by atoms with Gasteiger partial charge in [0.25, 0.3) is 0 Å². The number of hydrogen-bond acceptors (Lipinski definition) is 1. The highest BCUT2D eigenvalue weighted by Gasteiger charge is 2.67. The Hall–Kier alpha value is -0.570. The van der Waals surface area contributed by atoms with Gasteiger partial charge in [0.05, 0.1) is 26.7 Å². The second-order valence-electron chi connectivity index (χ2n) is 8.41. The molecule has 3 fully saturated rings. The van der Waals surface area contributed by atoms with Gasteiger partial charge in [-0.1, -0.05) is 38.5 Å². The Labute approximate surface area is 123 Å². The van der Waals surface area contributed by atoms with Gasteiger partial charge in [-0.15, -0.1) is 0 Å². The van der Waals surface area contributed by atoms with E-state index in [1.807, 2.05) is 0 Å². The first-order chi connectivity index (χ1) is 9.41. The summed E-state index contributed by atoms with van der Waals surface area (Å²) in [6, 6.07) is 0.461. The Morgan fingerprint density at radius 1 is 0.900 bits per heavy atom. The molecule has 0 aromatic heterocycles. The number of amides is 1. The Bertz CT molecular complexity index is 384. The van der Waals surface area contributed by atoms with E-state index in [4.69, 9.17) is 0 Å². The smallest absolute Gasteiger partial charge is 0.232 e. The zero-order valence-corrected chi connectivity index (χ0v) is 13.5. The van der Waals surface area contributed by atoms with Crippen LogP contribution in [0.15, 0.2) is 0 Å². The third-order valence-electron chi connectivity index (χ3n) is 6.13. The first-order valence-electron chi connectivity index (χ1n) is 8.55. The van der Waals surface area contributed by atoms with Crippen molar-refractivity contribution >= 4 is 5.91 Å². The lowest BCUT2D eigenvalue weighted by atomic mass is 9.62. The van der Waals surface area contributed by atoms with Crippen LogP contribution in [0.1, 0.15) is 64.2 Å². The number of likely N-dealkylation sites (N-methyl/N-ethyl adjacent to an activating group) is 1. The fourth-order valence-electron chi connectivity index (χ4n) is 5.82. The predicted octanol–water partition coefficient (Wildman–Crippen LogP) is 2.84. The van der Waals surface area contributed by atoms with Gasteiger partial charge in [-0.05, 0) is 25.7 Å². The Balaban J connectivity index is 2.03. The van der Waals surface area contributed by atoms with Crippen molar-refractivity contribution in [3.63, 3.8) is 0 Å². The molecule has 3 heteroatoms. The molecular formula is C17H31N2O+. The van der Waals surface area contributed by atoms with Crippen LogP contribution in [0.2, 0.25) is 0 Å². The summed E-state index contributed by atoms with van der Waals surface area (Å²) in [5.41, 5.74) is 0.0127. The topological polar surface area (TPSA) is 29.1 Å². The van der Waals surface area contributed by atoms with Crippen LogP contribution in [-0.4, -0.2) is 43.1 Å². The van der Waals surface area contributed by atoms with Gasteiger partial charge in [0.15, 0.2) is 0 Å². The maximum atomic E-state index is 13.0. The van der Waals surface area contributed by atoms with Gasteiger partial charge >= 0.3 is 0 Å². The molecule has 2 saturated carbocycles. The second-order valence-corrected chi connectivity index (χ2v) is 8.41. The molecule has 0 aromatic rings. The number of carbonyl (C=O) groups excluding carboxylic acids is 1. The second kappa shape index (κ2) is 4.72. The summed E-state index contributed by atoms with van der Waals surface area (Å²) in [4.78, 5) is 13.0. The van der Waals surface area contributed by atoms with Crippen LogP contribution in [0.25, 0.3) is 0 Å². The minimum atomic E-state index is -0.0756. The lowest BCUT2D eigenvalue weighted by Crippen LogP contribution is -2.64. The fourth-order valence-corrected chi connectivity index (χ4v) is 5.82. The van der Waals surface area contributed by atoms with Crippen molar-refractivity contribution in [2.45, 2.75) is 75.8 Å². The third-order valence-corrected chi connectivity index (χ3v) is 6.13. The fraction of sp³-hybridized carbons (Fsp3) is 0.941. The van der Waals surface area contributed by atoms with Crippen molar-refractivity contribution in [1.29, 1.82) is 0 Å². The van der Waals surface area contributed by atoms with Crippen LogP contribution in [-0.2, 0) is 4.79 Å². The van der Waals surface area contributed by atoms with Crippen LogP contribution in [0.5, 0.6) is 0 Å². The number of nitrogens with zero attached hydrogens (tertiary/aromatic N) is 1. The molecule has 2 spiro atoms. The van der Waals surface area contributed by atoms with E-state index in [0.717, 1.165) is 17.3 Å². The van der Waals surface area contributed by atoms with Crippen molar-refractivity contribution in [1.82, 2.24) is 5.32 Å². The molecule has 1 saturated heterocycles. The number of rotatable bonds is 1. The molecule has 1 N–H and O–H groups in total. The first-order valence-corrected chi connectivity index (χ1v) is 8.55. The normalized spacial score (nSPS) is 32.5. The van der Waals surface area contributed by atoms with Crippen LogP contribution in [0, 0.1) is 5.41 Å². The summed E-state index contributed by atoms with van der Waals surface area (Å²) in [7, 11) is 6.91. The van der Waals surface area contributed by atoms with Gasteiger partial charge in [0, 0.05) is 0 Å². The molecule has 1 aliphatic heterocycles. The quantitative estimate of drug-likeness (QED) is 0.735. The number of quaternary nitrogens is 1. The van der Waals surface area contributed by atoms with Crippen LogP contribution in [0.3, 0.4) is 0 Å². The Morgan fingerprint density at radius 2 is 1.40 bits per heavy atom. The standard InChI is InChI=1S/C17H30N2O/c1-19(2,3)14-16(10-6-4-7-11-16)15(20)18-17(14)12-8-5-9-13-17/h14H,4-13H2,1-3H3/p+1/t14-/m0/s1. The SMILES string of the molecule is C[N+](C)(C)[C@@H]1C2(CCCCC2)NC(=O)C12CCCCC2. The average molecular weight is 279 g/mol. The zero-order valence-electron chi connectivity index (χ0n) is 13.5. The molecule has 2 aliphatic carbocycles. The van der Waals surface area contributed by atoms with E-state index < -0.39 is 0 Å². The maximum Gasteiger partial charge on any atom is 0.232 e. The molecule has 0 radical (unpaired) electrons. The molecule has 0 aromatic carbocycles. The van der Waals surface area contributed by atoms with Gasteiger partial charge in [0.1, 0.15) is 11.5 Å². The van der Waals surface area contributed by atoms with Gasteiger partial charge < -0.3 is 9.80 Å². The molecule has 3 rings (SSSR count). The monoisotopic (exact) mass is 279 g/mol. The summed E-state index contributed by atoms with van der Waals surface area (Å²) >= 11 is 0. The predicted molar refractivity (Wildman–Crippen MR) is 81.3 cm³/mol. The van der Waals surface area contributed by atoms with Crippen LogP contribution in [0.4, 0.5) is 0 Å². The summed E-state index contributed by atoms with van der Waals surface area (Å²) in [5, 5.41) is 3.53. The molecule has 1 amide bonds. The van der Waals surface area contributed by atoms with Crippen LogP contribution < -0.4 is 5.32 Å². The molecule has 1 heterocycles. The molecule has 20 heavy (non-hydrogen) atoms. The molecule has 3 nitrogen and oxygen atoms in total. The van der Waals surface area contributed by atoms with Gasteiger partial charge in [-0.2, -0.15) is 0 Å². The third kappa shape index (κ3) is 2.01. The first kappa shape index (κ1) is 14.4. The minimum Gasteiger partial charge on any atom is -0.344 e. The lowest BCUT2D eigenvalue weighted by Gasteiger charge is -2.50. The number of hydrogen-bond donors (Lipinski definition) is 1. The van der Waals surface area contributed by atoms with E-state index in [-0.39, 0.29) is 11.0 Å². The van der Waals surface area contributed by atoms with Crippen molar-refractivity contribution in [2.24, 2.45) is 5.41 Å². The van der Waals surface area contributed by atoms with E-state index in [2.05, 4.69) is 26.5 Å². The highest BCUT2D eigenvalue weighted by atomic mass is 16.2. The largest absolute Gasteiger partial charge is 0.344 e. The van der Waals surface area contributed by atoms with Crippen molar-refractivity contribution in [3.8, 4) is 0 Å². The molecule has 114 valence electrons. The molecule has 0 unspecified atom stereocenters. The summed E-state index contributed by atoms with van der Waals surface area (Å²) in [5.74, 6) is 0.386. The number of carbonyl (C=O) groups is 1. The number of nitrogens with one attached hydrogen (secondary N) is 1. The molecular weight excluding hydrogens is 248 g/mol. The van der Waals surface area contributed by atoms with Gasteiger partial charge in [-0.25, -0.2) is 0 Å². The Kier molecular flexibility index (Phi) is 3.39. The van der Waals surface area contributed by atoms with Gasteiger partial charge in [0.2, 0.25) is 5.91 Å². The van der Waals surface area contributed by atoms with E-state index in [1.165, 1.54) is 51.4 Å². The minimum absolute atomic E-state index is 0.0756. The summed E-state index contributed by atoms with van der Waals surface area (Å²) in [6.45, 7) is 0. The maximum absolute atomic E-state index is 13.0. The van der Waals surface area contributed by atoms with E-state index in [1.54, 1.807) is 0 Å². The van der Waals surface area contributed by atoms with E-state index >= 15 is 0 Å². The van der Waals surface area contributed by atoms with Crippen molar-refractivity contribution in [3.05, 3.63) is 0 Å². The summed E-state index contributed by atoms with van der Waals surface area (Å²) < 4.78 is 0.929. The lowest BCUT2D eigenvalue weighted by molar-refractivity contribution is -0.906. The van der Waals surface area contributed by atoms with Crippen LogP contribution >= 0.6 is 0 Å². The van der Waals surface area contributed by atoms with Crippen molar-refractivity contribution < 1.29 is 9.28 Å². The average Bonchev–Trinajstić information content (AvgIpc) is 2.60. The van der Waals surface area contributed by atoms with Crippen molar-refractivity contribution in [2.75, 3.05) is 21.1 Å². The highest BCUT2D eigenvalue weighted by Crippen LogP contribution is 2.54. The van der Waals surface area contributed by atoms with Gasteiger partial charge in [-0.3, -0.25) is 4.79 Å². The zero-order chi connectivity index (χ0) is 14.4.